The third-order valence-corrected chi connectivity index (χ3v) is 6.98. The number of fused-ring (bicyclic) bond motifs is 2. The van der Waals surface area contributed by atoms with Gasteiger partial charge in [-0.3, -0.25) is 9.59 Å². The highest BCUT2D eigenvalue weighted by Gasteiger charge is 2.46. The molecule has 244 valence electrons. The number of carboxylic acids is 1. The first-order chi connectivity index (χ1) is 21.7. The average molecular weight is 645 g/mol. The number of phenols is 1. The normalized spacial score (nSPS) is 22.7. The van der Waals surface area contributed by atoms with Crippen molar-refractivity contribution in [1.29, 1.82) is 0 Å². The number of hydrogen-bond donors (Lipinski definition) is 6. The van der Waals surface area contributed by atoms with Crippen LogP contribution in [0.3, 0.4) is 0 Å². The number of phenolic OH excluding ortho intramolecular Hbond substituents is 1. The molecule has 3 heterocycles. The number of benzene rings is 2. The quantitative estimate of drug-likeness (QED) is 0.103. The fourth-order valence-corrected chi connectivity index (χ4v) is 4.72. The number of carbonyl (C=O) groups is 2. The maximum absolute atomic E-state index is 12.7. The Morgan fingerprint density at radius 2 is 1.59 bits per heavy atom. The molecule has 4 aromatic rings. The number of aromatic hydroxyl groups is 1. The fourth-order valence-electron chi connectivity index (χ4n) is 4.72. The Labute approximate surface area is 257 Å². The smallest absolute Gasteiger partial charge is 0.379 e. The third kappa shape index (κ3) is 7.27. The van der Waals surface area contributed by atoms with Gasteiger partial charge < -0.3 is 58.4 Å². The lowest BCUT2D eigenvalue weighted by Crippen LogP contribution is -2.60. The summed E-state index contributed by atoms with van der Waals surface area (Å²) in [5.74, 6) is -3.35. The summed E-state index contributed by atoms with van der Waals surface area (Å²) >= 11 is 0. The van der Waals surface area contributed by atoms with E-state index in [1.54, 1.807) is 18.2 Å². The van der Waals surface area contributed by atoms with Crippen molar-refractivity contribution in [2.24, 2.45) is 0 Å². The highest BCUT2D eigenvalue weighted by molar-refractivity contribution is 5.82. The zero-order valence-corrected chi connectivity index (χ0v) is 23.9. The molecule has 6 N–H and O–H groups in total. The first-order valence-electron chi connectivity index (χ1n) is 13.7. The molecule has 1 fully saturated rings. The van der Waals surface area contributed by atoms with E-state index in [4.69, 9.17) is 32.9 Å². The number of ether oxygens (including phenoxy) is 4. The van der Waals surface area contributed by atoms with Gasteiger partial charge in [0.2, 0.25) is 12.0 Å². The molecule has 1 aliphatic heterocycles. The van der Waals surface area contributed by atoms with Crippen molar-refractivity contribution in [2.45, 2.75) is 56.1 Å². The number of aliphatic hydroxyl groups excluding tert-OH is 3. The van der Waals surface area contributed by atoms with Crippen LogP contribution in [0.4, 0.5) is 0 Å². The van der Waals surface area contributed by atoms with Gasteiger partial charge in [-0.15, -0.1) is 0 Å². The molecule has 16 heteroatoms. The first-order valence-corrected chi connectivity index (χ1v) is 13.7. The van der Waals surface area contributed by atoms with Crippen molar-refractivity contribution in [1.82, 2.24) is 0 Å². The summed E-state index contributed by atoms with van der Waals surface area (Å²) in [6, 6.07) is 10.9. The second kappa shape index (κ2) is 12.8. The minimum atomic E-state index is -1.92. The molecule has 0 unspecified atom stereocenters. The van der Waals surface area contributed by atoms with Gasteiger partial charge in [0, 0.05) is 29.0 Å². The van der Waals surface area contributed by atoms with Crippen LogP contribution in [-0.4, -0.2) is 85.5 Å². The van der Waals surface area contributed by atoms with E-state index in [1.807, 2.05) is 0 Å². The lowest BCUT2D eigenvalue weighted by Gasteiger charge is -2.40. The summed E-state index contributed by atoms with van der Waals surface area (Å²) in [5.41, 5.74) is -3.26. The zero-order valence-electron chi connectivity index (χ0n) is 23.9. The Morgan fingerprint density at radius 3 is 2.33 bits per heavy atom. The number of aliphatic carboxylic acids is 1. The van der Waals surface area contributed by atoms with Crippen LogP contribution in [0.1, 0.15) is 19.8 Å². The number of aliphatic hydroxyl groups is 4. The second-order valence-corrected chi connectivity index (χ2v) is 10.9. The van der Waals surface area contributed by atoms with Crippen molar-refractivity contribution in [2.75, 3.05) is 6.61 Å². The van der Waals surface area contributed by atoms with Crippen molar-refractivity contribution in [3.05, 3.63) is 69.4 Å². The van der Waals surface area contributed by atoms with Gasteiger partial charge in [-0.1, -0.05) is 0 Å². The lowest BCUT2D eigenvalue weighted by molar-refractivity contribution is -0.278. The van der Waals surface area contributed by atoms with Crippen LogP contribution in [0.25, 0.3) is 21.9 Å². The van der Waals surface area contributed by atoms with E-state index in [2.05, 4.69) is 0 Å². The number of esters is 1. The predicted octanol–water partition coefficient (Wildman–Crippen LogP) is 0.743. The molecule has 46 heavy (non-hydrogen) atoms. The largest absolute Gasteiger partial charge is 0.504 e. The molecule has 16 nitrogen and oxygen atoms in total. The summed E-state index contributed by atoms with van der Waals surface area (Å²) in [7, 11) is 0. The Hall–Kier alpha value is -5.00. The summed E-state index contributed by atoms with van der Waals surface area (Å²) in [6.07, 6.45) is -10.1. The van der Waals surface area contributed by atoms with Crippen LogP contribution in [0.15, 0.2) is 67.0 Å². The zero-order chi connectivity index (χ0) is 33.3. The van der Waals surface area contributed by atoms with Gasteiger partial charge >= 0.3 is 23.2 Å². The summed E-state index contributed by atoms with van der Waals surface area (Å²) in [6.45, 7) is 0.439. The molecule has 0 aliphatic carbocycles. The Morgan fingerprint density at radius 1 is 0.870 bits per heavy atom. The molecular weight excluding hydrogens is 616 g/mol. The van der Waals surface area contributed by atoms with Crippen molar-refractivity contribution < 1.29 is 68.0 Å². The number of rotatable bonds is 10. The van der Waals surface area contributed by atoms with Crippen LogP contribution >= 0.6 is 0 Å². The molecule has 2 aromatic heterocycles. The summed E-state index contributed by atoms with van der Waals surface area (Å²) < 4.78 is 32.0. The summed E-state index contributed by atoms with van der Waals surface area (Å²) in [5, 5.41) is 61.5. The maximum Gasteiger partial charge on any atom is 0.379 e. The highest BCUT2D eigenvalue weighted by Crippen LogP contribution is 2.35. The van der Waals surface area contributed by atoms with Crippen molar-refractivity contribution in [3.8, 4) is 23.0 Å². The maximum atomic E-state index is 12.7. The molecule has 0 amide bonds. The van der Waals surface area contributed by atoms with Crippen LogP contribution in [0.5, 0.6) is 23.0 Å². The van der Waals surface area contributed by atoms with Crippen LogP contribution in [0, 0.1) is 0 Å². The second-order valence-electron chi connectivity index (χ2n) is 10.9. The third-order valence-electron chi connectivity index (χ3n) is 6.98. The van der Waals surface area contributed by atoms with Gasteiger partial charge in [-0.05, 0) is 37.3 Å². The van der Waals surface area contributed by atoms with E-state index in [-0.39, 0.29) is 33.8 Å². The van der Waals surface area contributed by atoms with Crippen LogP contribution in [0.2, 0.25) is 0 Å². The van der Waals surface area contributed by atoms with Crippen LogP contribution < -0.4 is 20.7 Å². The van der Waals surface area contributed by atoms with Crippen molar-refractivity contribution in [3.63, 3.8) is 0 Å². The lowest BCUT2D eigenvalue weighted by atomic mass is 9.98. The van der Waals surface area contributed by atoms with Gasteiger partial charge in [-0.2, -0.15) is 0 Å². The summed E-state index contributed by atoms with van der Waals surface area (Å²) in [4.78, 5) is 47.2. The fraction of sp³-hybridized carbons (Fsp3) is 0.333. The van der Waals surface area contributed by atoms with E-state index >= 15 is 0 Å². The van der Waals surface area contributed by atoms with Crippen molar-refractivity contribution >= 4 is 33.9 Å². The molecule has 0 radical (unpaired) electrons. The molecule has 5 rings (SSSR count). The minimum absolute atomic E-state index is 0.0839. The van der Waals surface area contributed by atoms with Crippen LogP contribution in [-0.2, 0) is 19.1 Å². The number of carbonyl (C=O) groups excluding carboxylic acids is 1. The molecule has 1 saturated heterocycles. The number of hydrogen-bond acceptors (Lipinski definition) is 15. The SMILES string of the molecule is C[C@](O)(CC(=O)O)CC(=O)OC[C@@H]1O[C@@H](Oc2cc3oc(=O)c(Oc4ccc5ccc(=O)oc5c4)cc3cc2O)[C@H](O)[C@@H](O)[C@@H]1O. The van der Waals surface area contributed by atoms with Gasteiger partial charge in [0.25, 0.3) is 0 Å². The van der Waals surface area contributed by atoms with E-state index < -0.39 is 84.7 Å². The molecule has 0 bridgehead atoms. The van der Waals surface area contributed by atoms with Gasteiger partial charge in [-0.25, -0.2) is 9.59 Å². The Bertz CT molecular complexity index is 1890. The van der Waals surface area contributed by atoms with E-state index in [1.165, 1.54) is 18.2 Å². The van der Waals surface area contributed by atoms with E-state index in [9.17, 15) is 44.7 Å². The predicted molar refractivity (Wildman–Crippen MR) is 152 cm³/mol. The highest BCUT2D eigenvalue weighted by atomic mass is 16.7. The molecular formula is C30H28O16. The topological polar surface area (TPSA) is 253 Å². The standard InChI is InChI=1S/C30H28O16/c1-30(40,10-22(32)33)11-24(35)41-12-21-25(36)26(37)27(38)29(46-21)45-19-9-18-14(6-16(19)31)7-20(28(39)44-18)42-15-4-2-13-3-5-23(34)43-17(13)8-15/h2-9,21,25-27,29,31,36-38,40H,10-12H2,1H3,(H,32,33)/t21-,25+,26-,27+,29+,30-/m0/s1. The monoisotopic (exact) mass is 644 g/mol. The molecule has 1 aliphatic rings. The van der Waals surface area contributed by atoms with Gasteiger partial charge in [0.15, 0.2) is 11.5 Å². The Kier molecular flexibility index (Phi) is 9.00. The minimum Gasteiger partial charge on any atom is -0.504 e. The molecule has 2 aromatic carbocycles. The van der Waals surface area contributed by atoms with E-state index in [0.29, 0.717) is 5.39 Å². The Balaban J connectivity index is 1.30. The molecule has 0 spiro atoms. The van der Waals surface area contributed by atoms with E-state index in [0.717, 1.165) is 19.1 Å². The average Bonchev–Trinajstić information content (AvgIpc) is 2.96. The first kappa shape index (κ1) is 32.4. The van der Waals surface area contributed by atoms with Gasteiger partial charge in [0.05, 0.1) is 18.4 Å². The van der Waals surface area contributed by atoms with Gasteiger partial charge in [0.1, 0.15) is 47.9 Å². The number of carboxylic acid groups (broad SMARTS) is 1. The molecule has 0 saturated carbocycles. The molecule has 6 atom stereocenters.